The molecule has 120 valence electrons. The van der Waals surface area contributed by atoms with Crippen molar-refractivity contribution in [1.29, 1.82) is 0 Å². The van der Waals surface area contributed by atoms with Gasteiger partial charge in [-0.15, -0.1) is 0 Å². The predicted octanol–water partition coefficient (Wildman–Crippen LogP) is 0.996. The summed E-state index contributed by atoms with van der Waals surface area (Å²) in [4.78, 5) is 28.6. The average Bonchev–Trinajstić information content (AvgIpc) is 2.89. The molecule has 0 saturated carbocycles. The third-order valence-electron chi connectivity index (χ3n) is 3.59. The molecule has 1 unspecified atom stereocenters. The molecule has 0 aliphatic heterocycles. The first-order valence-corrected chi connectivity index (χ1v) is 7.45. The number of nitrogens with two attached hydrogens (primary N) is 1. The zero-order valence-corrected chi connectivity index (χ0v) is 12.8. The van der Waals surface area contributed by atoms with Gasteiger partial charge in [-0.1, -0.05) is 12.1 Å². The number of aromatic nitrogens is 2. The SMILES string of the molecule is CC(N)CCNC(=O)Cn1cnc2c(oc3ccccc32)c1=O. The van der Waals surface area contributed by atoms with E-state index in [1.165, 1.54) is 10.9 Å². The normalized spacial score (nSPS) is 12.6. The molecule has 0 spiro atoms. The lowest BCUT2D eigenvalue weighted by Gasteiger charge is -2.08. The maximum atomic E-state index is 12.4. The first-order chi connectivity index (χ1) is 11.1. The van der Waals surface area contributed by atoms with Crippen LogP contribution < -0.4 is 16.6 Å². The number of para-hydroxylation sites is 1. The number of nitrogens with one attached hydrogen (secondary N) is 1. The molecule has 3 rings (SSSR count). The lowest BCUT2D eigenvalue weighted by molar-refractivity contribution is -0.121. The first kappa shape index (κ1) is 15.2. The number of hydrogen-bond acceptors (Lipinski definition) is 5. The van der Waals surface area contributed by atoms with Crippen LogP contribution in [0.3, 0.4) is 0 Å². The van der Waals surface area contributed by atoms with E-state index < -0.39 is 0 Å². The number of hydrogen-bond donors (Lipinski definition) is 2. The predicted molar refractivity (Wildman–Crippen MR) is 87.1 cm³/mol. The monoisotopic (exact) mass is 314 g/mol. The van der Waals surface area contributed by atoms with Crippen LogP contribution in [-0.4, -0.2) is 28.0 Å². The van der Waals surface area contributed by atoms with Gasteiger partial charge in [0.2, 0.25) is 11.5 Å². The number of nitrogens with zero attached hydrogens (tertiary/aromatic N) is 2. The number of carbonyl (C=O) groups excluding carboxylic acids is 1. The fraction of sp³-hybridized carbons (Fsp3) is 0.312. The van der Waals surface area contributed by atoms with Crippen LogP contribution in [0.1, 0.15) is 13.3 Å². The van der Waals surface area contributed by atoms with Crippen molar-refractivity contribution in [2.45, 2.75) is 25.9 Å². The minimum Gasteiger partial charge on any atom is -0.448 e. The number of carbonyl (C=O) groups is 1. The fourth-order valence-electron chi connectivity index (χ4n) is 2.38. The molecular weight excluding hydrogens is 296 g/mol. The summed E-state index contributed by atoms with van der Waals surface area (Å²) in [6.45, 7) is 2.25. The molecule has 0 radical (unpaired) electrons. The molecule has 1 atom stereocenters. The van der Waals surface area contributed by atoms with E-state index in [1.807, 2.05) is 25.1 Å². The summed E-state index contributed by atoms with van der Waals surface area (Å²) in [6.07, 6.45) is 2.05. The summed E-state index contributed by atoms with van der Waals surface area (Å²) in [5.74, 6) is -0.259. The van der Waals surface area contributed by atoms with E-state index in [0.29, 0.717) is 24.1 Å². The maximum absolute atomic E-state index is 12.4. The van der Waals surface area contributed by atoms with Gasteiger partial charge in [0, 0.05) is 18.0 Å². The Morgan fingerprint density at radius 3 is 3.00 bits per heavy atom. The molecular formula is C16H18N4O3. The van der Waals surface area contributed by atoms with E-state index >= 15 is 0 Å². The van der Waals surface area contributed by atoms with E-state index in [-0.39, 0.29) is 29.6 Å². The zero-order valence-electron chi connectivity index (χ0n) is 12.8. The molecule has 23 heavy (non-hydrogen) atoms. The Labute approximate surface area is 132 Å². The lowest BCUT2D eigenvalue weighted by atomic mass is 10.2. The van der Waals surface area contributed by atoms with Crippen molar-refractivity contribution in [3.63, 3.8) is 0 Å². The van der Waals surface area contributed by atoms with Crippen molar-refractivity contribution in [1.82, 2.24) is 14.9 Å². The molecule has 7 heteroatoms. The van der Waals surface area contributed by atoms with E-state index in [9.17, 15) is 9.59 Å². The van der Waals surface area contributed by atoms with Crippen molar-refractivity contribution in [3.8, 4) is 0 Å². The highest BCUT2D eigenvalue weighted by atomic mass is 16.3. The van der Waals surface area contributed by atoms with Crippen molar-refractivity contribution in [2.24, 2.45) is 5.73 Å². The molecule has 3 N–H and O–H groups in total. The van der Waals surface area contributed by atoms with Crippen LogP contribution in [0.4, 0.5) is 0 Å². The van der Waals surface area contributed by atoms with Crippen LogP contribution in [0.5, 0.6) is 0 Å². The zero-order chi connectivity index (χ0) is 16.4. The summed E-state index contributed by atoms with van der Waals surface area (Å²) < 4.78 is 6.82. The quantitative estimate of drug-likeness (QED) is 0.731. The first-order valence-electron chi connectivity index (χ1n) is 7.45. The van der Waals surface area contributed by atoms with E-state index in [4.69, 9.17) is 10.2 Å². The summed E-state index contributed by atoms with van der Waals surface area (Å²) in [6, 6.07) is 7.33. The second-order valence-electron chi connectivity index (χ2n) is 5.57. The van der Waals surface area contributed by atoms with Crippen LogP contribution in [0, 0.1) is 0 Å². The van der Waals surface area contributed by atoms with Gasteiger partial charge >= 0.3 is 0 Å². The number of amides is 1. The van der Waals surface area contributed by atoms with Crippen molar-refractivity contribution >= 4 is 28.0 Å². The smallest absolute Gasteiger partial charge is 0.297 e. The highest BCUT2D eigenvalue weighted by Gasteiger charge is 2.14. The Morgan fingerprint density at radius 2 is 2.22 bits per heavy atom. The molecule has 0 aliphatic carbocycles. The van der Waals surface area contributed by atoms with Gasteiger partial charge in [-0.25, -0.2) is 4.98 Å². The van der Waals surface area contributed by atoms with Gasteiger partial charge in [-0.05, 0) is 25.5 Å². The Balaban J connectivity index is 1.85. The Morgan fingerprint density at radius 1 is 1.43 bits per heavy atom. The Kier molecular flexibility index (Phi) is 4.12. The Hall–Kier alpha value is -2.67. The van der Waals surface area contributed by atoms with E-state index in [0.717, 1.165) is 5.39 Å². The fourth-order valence-corrected chi connectivity index (χ4v) is 2.38. The topological polar surface area (TPSA) is 103 Å². The molecule has 0 saturated heterocycles. The molecule has 2 heterocycles. The van der Waals surface area contributed by atoms with Gasteiger partial charge in [0.25, 0.3) is 5.56 Å². The lowest BCUT2D eigenvalue weighted by Crippen LogP contribution is -2.34. The number of fused-ring (bicyclic) bond motifs is 3. The van der Waals surface area contributed by atoms with Crippen LogP contribution in [0.15, 0.2) is 39.8 Å². The summed E-state index contributed by atoms with van der Waals surface area (Å²) in [5, 5.41) is 3.51. The Bertz CT molecular complexity index is 910. The molecule has 1 amide bonds. The van der Waals surface area contributed by atoms with Crippen LogP contribution >= 0.6 is 0 Å². The molecule has 7 nitrogen and oxygen atoms in total. The maximum Gasteiger partial charge on any atom is 0.297 e. The van der Waals surface area contributed by atoms with Crippen LogP contribution in [0.25, 0.3) is 22.1 Å². The number of benzene rings is 1. The number of furan rings is 1. The molecule has 0 aliphatic rings. The van der Waals surface area contributed by atoms with Crippen LogP contribution in [0.2, 0.25) is 0 Å². The minimum atomic E-state index is -0.367. The average molecular weight is 314 g/mol. The molecule has 0 bridgehead atoms. The molecule has 1 aromatic carbocycles. The highest BCUT2D eigenvalue weighted by molar-refractivity contribution is 6.01. The third kappa shape index (κ3) is 3.09. The largest absolute Gasteiger partial charge is 0.448 e. The van der Waals surface area contributed by atoms with Gasteiger partial charge in [0.15, 0.2) is 0 Å². The second-order valence-corrected chi connectivity index (χ2v) is 5.57. The van der Waals surface area contributed by atoms with Gasteiger partial charge in [0.1, 0.15) is 17.6 Å². The molecule has 3 aromatic rings. The van der Waals surface area contributed by atoms with Crippen molar-refractivity contribution in [3.05, 3.63) is 40.9 Å². The summed E-state index contributed by atoms with van der Waals surface area (Å²) in [5.41, 5.74) is 6.54. The molecule has 2 aromatic heterocycles. The number of rotatable bonds is 5. The van der Waals surface area contributed by atoms with Gasteiger partial charge < -0.3 is 15.5 Å². The van der Waals surface area contributed by atoms with Crippen molar-refractivity contribution in [2.75, 3.05) is 6.54 Å². The van der Waals surface area contributed by atoms with E-state index in [1.54, 1.807) is 6.07 Å². The standard InChI is InChI=1S/C16H18N4O3/c1-10(17)6-7-18-13(21)8-20-9-19-14-11-4-2-3-5-12(11)23-15(14)16(20)22/h2-5,9-10H,6-8,17H2,1H3,(H,18,21). The van der Waals surface area contributed by atoms with Crippen molar-refractivity contribution < 1.29 is 9.21 Å². The molecule has 0 fully saturated rings. The van der Waals surface area contributed by atoms with Gasteiger partial charge in [-0.3, -0.25) is 14.2 Å². The van der Waals surface area contributed by atoms with Gasteiger partial charge in [0.05, 0.1) is 6.33 Å². The minimum absolute atomic E-state index is 0.0200. The van der Waals surface area contributed by atoms with Crippen LogP contribution in [-0.2, 0) is 11.3 Å². The van der Waals surface area contributed by atoms with E-state index in [2.05, 4.69) is 10.3 Å². The summed E-state index contributed by atoms with van der Waals surface area (Å²) in [7, 11) is 0. The third-order valence-corrected chi connectivity index (χ3v) is 3.59. The van der Waals surface area contributed by atoms with Gasteiger partial charge in [-0.2, -0.15) is 0 Å². The second kappa shape index (κ2) is 6.21. The highest BCUT2D eigenvalue weighted by Crippen LogP contribution is 2.23. The summed E-state index contributed by atoms with van der Waals surface area (Å²) >= 11 is 0.